The van der Waals surface area contributed by atoms with Gasteiger partial charge in [0.05, 0.1) is 5.56 Å². The summed E-state index contributed by atoms with van der Waals surface area (Å²) in [6.45, 7) is 4.16. The number of carbonyl (C=O) groups is 1. The molecule has 1 atom stereocenters. The maximum absolute atomic E-state index is 13.4. The Labute approximate surface area is 189 Å². The standard InChI is InChI=1S/C26H21FN4O2/c1-26(2)12-18(32)21-19(13-26)33-25-22(20(21)15-6-4-3-5-7-15)24-29-23(30-31(24)14-28-25)16-8-10-17(27)11-9-16/h3-11,14,20H,12-13H2,1-2H3. The number of ether oxygens (including phenoxy) is 1. The van der Waals surface area contributed by atoms with Crippen molar-refractivity contribution < 1.29 is 13.9 Å². The third kappa shape index (κ3) is 3.23. The number of hydrogen-bond acceptors (Lipinski definition) is 5. The summed E-state index contributed by atoms with van der Waals surface area (Å²) in [6.07, 6.45) is 2.69. The van der Waals surface area contributed by atoms with Crippen molar-refractivity contribution >= 4 is 11.4 Å². The Hall–Kier alpha value is -3.87. The van der Waals surface area contributed by atoms with E-state index in [9.17, 15) is 9.18 Å². The Bertz CT molecular complexity index is 1440. The van der Waals surface area contributed by atoms with Gasteiger partial charge < -0.3 is 4.74 Å². The second-order valence-electron chi connectivity index (χ2n) is 9.40. The van der Waals surface area contributed by atoms with E-state index in [2.05, 4.69) is 23.9 Å². The number of fused-ring (bicyclic) bond motifs is 3. The van der Waals surface area contributed by atoms with E-state index in [1.807, 2.05) is 30.3 Å². The number of carbonyl (C=O) groups excluding carboxylic acids is 1. The largest absolute Gasteiger partial charge is 0.442 e. The molecule has 1 aliphatic carbocycles. The zero-order valence-corrected chi connectivity index (χ0v) is 18.2. The maximum atomic E-state index is 13.4. The van der Waals surface area contributed by atoms with Crippen molar-refractivity contribution in [2.24, 2.45) is 5.41 Å². The Morgan fingerprint density at radius 1 is 1.06 bits per heavy atom. The van der Waals surface area contributed by atoms with Crippen molar-refractivity contribution in [1.82, 2.24) is 19.6 Å². The minimum absolute atomic E-state index is 0.0843. The number of aromatic nitrogens is 4. The molecule has 6 nitrogen and oxygen atoms in total. The first kappa shape index (κ1) is 19.8. The molecular weight excluding hydrogens is 419 g/mol. The van der Waals surface area contributed by atoms with E-state index in [0.717, 1.165) is 11.1 Å². The van der Waals surface area contributed by atoms with Crippen LogP contribution in [0.3, 0.4) is 0 Å². The average Bonchev–Trinajstić information content (AvgIpc) is 3.22. The van der Waals surface area contributed by atoms with Crippen molar-refractivity contribution in [2.75, 3.05) is 0 Å². The van der Waals surface area contributed by atoms with E-state index in [1.54, 1.807) is 23.0 Å². The van der Waals surface area contributed by atoms with Gasteiger partial charge in [0.2, 0.25) is 5.88 Å². The lowest BCUT2D eigenvalue weighted by Gasteiger charge is -2.37. The van der Waals surface area contributed by atoms with Crippen molar-refractivity contribution in [2.45, 2.75) is 32.6 Å². The molecular formula is C26H21FN4O2. The third-order valence-corrected chi connectivity index (χ3v) is 6.30. The molecule has 2 aliphatic rings. The molecule has 2 aromatic carbocycles. The lowest BCUT2D eigenvalue weighted by atomic mass is 9.70. The summed E-state index contributed by atoms with van der Waals surface area (Å²) in [5, 5.41) is 4.56. The quantitative estimate of drug-likeness (QED) is 0.434. The third-order valence-electron chi connectivity index (χ3n) is 6.30. The van der Waals surface area contributed by atoms with Gasteiger partial charge in [0.1, 0.15) is 17.9 Å². The summed E-state index contributed by atoms with van der Waals surface area (Å²) in [7, 11) is 0. The van der Waals surface area contributed by atoms with Gasteiger partial charge in [-0.25, -0.2) is 18.9 Å². The molecule has 33 heavy (non-hydrogen) atoms. The number of hydrogen-bond donors (Lipinski definition) is 0. The molecule has 0 amide bonds. The van der Waals surface area contributed by atoms with E-state index in [4.69, 9.17) is 9.72 Å². The monoisotopic (exact) mass is 440 g/mol. The summed E-state index contributed by atoms with van der Waals surface area (Å²) in [5.41, 5.74) is 3.45. The van der Waals surface area contributed by atoms with E-state index in [0.29, 0.717) is 47.1 Å². The van der Waals surface area contributed by atoms with Crippen LogP contribution >= 0.6 is 0 Å². The van der Waals surface area contributed by atoms with Crippen LogP contribution in [0.25, 0.3) is 17.0 Å². The first-order valence-electron chi connectivity index (χ1n) is 10.9. The molecule has 0 saturated heterocycles. The van der Waals surface area contributed by atoms with Crippen molar-refractivity contribution in [3.8, 4) is 17.3 Å². The minimum Gasteiger partial charge on any atom is -0.442 e. The fourth-order valence-electron chi connectivity index (χ4n) is 4.85. The molecule has 3 heterocycles. The first-order chi connectivity index (χ1) is 15.9. The van der Waals surface area contributed by atoms with Crippen LogP contribution in [0.5, 0.6) is 5.88 Å². The Kier molecular flexibility index (Phi) is 4.24. The number of rotatable bonds is 2. The van der Waals surface area contributed by atoms with Gasteiger partial charge in [0.25, 0.3) is 0 Å². The van der Waals surface area contributed by atoms with Gasteiger partial charge in [-0.2, -0.15) is 0 Å². The van der Waals surface area contributed by atoms with Gasteiger partial charge in [-0.05, 0) is 35.2 Å². The van der Waals surface area contributed by atoms with Gasteiger partial charge in [0, 0.05) is 29.9 Å². The number of Topliss-reactive ketones (excluding diaryl/α,β-unsaturated/α-hetero) is 1. The van der Waals surface area contributed by atoms with E-state index in [-0.39, 0.29) is 22.9 Å². The summed E-state index contributed by atoms with van der Waals surface area (Å²) in [6, 6.07) is 15.9. The Balaban J connectivity index is 1.59. The van der Waals surface area contributed by atoms with Crippen LogP contribution < -0.4 is 4.74 Å². The second kappa shape index (κ2) is 7.07. The molecule has 0 bridgehead atoms. The molecule has 0 radical (unpaired) electrons. The highest BCUT2D eigenvalue weighted by molar-refractivity contribution is 6.00. The number of nitrogens with zero attached hydrogens (tertiary/aromatic N) is 4. The normalized spacial score (nSPS) is 19.2. The highest BCUT2D eigenvalue weighted by Crippen LogP contribution is 2.50. The zero-order chi connectivity index (χ0) is 22.7. The maximum Gasteiger partial charge on any atom is 0.228 e. The molecule has 0 spiro atoms. The van der Waals surface area contributed by atoms with Gasteiger partial charge in [-0.1, -0.05) is 44.2 Å². The smallest absolute Gasteiger partial charge is 0.228 e. The van der Waals surface area contributed by atoms with Gasteiger partial charge in [-0.15, -0.1) is 5.10 Å². The average molecular weight is 440 g/mol. The number of benzene rings is 2. The summed E-state index contributed by atoms with van der Waals surface area (Å²) in [4.78, 5) is 22.7. The van der Waals surface area contributed by atoms with Crippen LogP contribution in [0.2, 0.25) is 0 Å². The van der Waals surface area contributed by atoms with Crippen molar-refractivity contribution in [3.05, 3.63) is 89.2 Å². The first-order valence-corrected chi connectivity index (χ1v) is 10.9. The van der Waals surface area contributed by atoms with Gasteiger partial charge in [0.15, 0.2) is 17.3 Å². The van der Waals surface area contributed by atoms with Crippen LogP contribution in [0.15, 0.2) is 72.3 Å². The van der Waals surface area contributed by atoms with E-state index in [1.165, 1.54) is 12.1 Å². The topological polar surface area (TPSA) is 69.4 Å². The number of halogens is 1. The fourth-order valence-corrected chi connectivity index (χ4v) is 4.85. The van der Waals surface area contributed by atoms with Crippen LogP contribution in [0, 0.1) is 11.2 Å². The second-order valence-corrected chi connectivity index (χ2v) is 9.40. The predicted molar refractivity (Wildman–Crippen MR) is 120 cm³/mol. The van der Waals surface area contributed by atoms with Gasteiger partial charge >= 0.3 is 0 Å². The molecule has 0 fully saturated rings. The Morgan fingerprint density at radius 2 is 1.82 bits per heavy atom. The van der Waals surface area contributed by atoms with Gasteiger partial charge in [-0.3, -0.25) is 4.79 Å². The zero-order valence-electron chi connectivity index (χ0n) is 18.2. The lowest BCUT2D eigenvalue weighted by Crippen LogP contribution is -2.33. The summed E-state index contributed by atoms with van der Waals surface area (Å²) >= 11 is 0. The highest BCUT2D eigenvalue weighted by Gasteiger charge is 2.43. The molecule has 1 aliphatic heterocycles. The molecule has 4 aromatic rings. The SMILES string of the molecule is CC1(C)CC(=O)C2=C(C1)Oc1ncn3nc(-c4ccc(F)cc4)nc3c1C2c1ccccc1. The summed E-state index contributed by atoms with van der Waals surface area (Å²) < 4.78 is 21.3. The van der Waals surface area contributed by atoms with E-state index >= 15 is 0 Å². The Morgan fingerprint density at radius 3 is 2.58 bits per heavy atom. The van der Waals surface area contributed by atoms with Crippen LogP contribution in [0.1, 0.15) is 43.7 Å². The molecule has 2 aromatic heterocycles. The minimum atomic E-state index is -0.352. The van der Waals surface area contributed by atoms with Crippen LogP contribution in [-0.2, 0) is 4.79 Å². The van der Waals surface area contributed by atoms with Crippen molar-refractivity contribution in [3.63, 3.8) is 0 Å². The fraction of sp³-hybridized carbons (Fsp3) is 0.231. The van der Waals surface area contributed by atoms with Crippen LogP contribution in [0.4, 0.5) is 4.39 Å². The van der Waals surface area contributed by atoms with E-state index < -0.39 is 0 Å². The number of allylic oxidation sites excluding steroid dienone is 2. The lowest BCUT2D eigenvalue weighted by molar-refractivity contribution is -0.118. The number of ketones is 1. The summed E-state index contributed by atoms with van der Waals surface area (Å²) in [5.74, 6) is 0.993. The molecule has 1 unspecified atom stereocenters. The van der Waals surface area contributed by atoms with Crippen LogP contribution in [-0.4, -0.2) is 25.4 Å². The molecule has 164 valence electrons. The predicted octanol–water partition coefficient (Wildman–Crippen LogP) is 5.10. The molecule has 6 rings (SSSR count). The molecule has 0 N–H and O–H groups in total. The molecule has 7 heteroatoms. The highest BCUT2D eigenvalue weighted by atomic mass is 19.1. The van der Waals surface area contributed by atoms with Crippen molar-refractivity contribution in [1.29, 1.82) is 0 Å². The molecule has 0 saturated carbocycles.